The number of aromatic amines is 1. The van der Waals surface area contributed by atoms with Crippen molar-refractivity contribution in [3.05, 3.63) is 48.0 Å². The Morgan fingerprint density at radius 3 is 2.94 bits per heavy atom. The minimum absolute atomic E-state index is 0.0323. The number of H-pyrrole nitrogens is 1. The summed E-state index contributed by atoms with van der Waals surface area (Å²) in [4.78, 5) is 18.6. The zero-order valence-electron chi connectivity index (χ0n) is 9.73. The minimum Gasteiger partial charge on any atom is -0.348 e. The molecule has 0 aliphatic rings. The van der Waals surface area contributed by atoms with Crippen LogP contribution in [0.5, 0.6) is 0 Å². The molecule has 0 unspecified atom stereocenters. The van der Waals surface area contributed by atoms with Crippen molar-refractivity contribution in [3.8, 4) is 0 Å². The molecule has 2 rings (SSSR count). The summed E-state index contributed by atoms with van der Waals surface area (Å²) in [6.07, 6.45) is 4.45. The molecule has 0 saturated heterocycles. The van der Waals surface area contributed by atoms with E-state index in [0.717, 1.165) is 23.4 Å². The topological polar surface area (TPSA) is 57.8 Å². The number of nitrogens with zero attached hydrogens (tertiary/aromatic N) is 1. The number of hydrogen-bond donors (Lipinski definition) is 2. The number of aryl methyl sites for hydroxylation is 1. The van der Waals surface area contributed by atoms with Gasteiger partial charge in [-0.2, -0.15) is 0 Å². The van der Waals surface area contributed by atoms with Gasteiger partial charge in [0.15, 0.2) is 0 Å². The molecule has 2 aromatic rings. The lowest BCUT2D eigenvalue weighted by Gasteiger charge is -2.08. The number of imidazole rings is 1. The number of nitrogens with one attached hydrogen (secondary N) is 2. The van der Waals surface area contributed by atoms with Gasteiger partial charge >= 0.3 is 0 Å². The van der Waals surface area contributed by atoms with Crippen molar-refractivity contribution >= 4 is 11.6 Å². The van der Waals surface area contributed by atoms with Crippen molar-refractivity contribution in [2.24, 2.45) is 0 Å². The Kier molecular flexibility index (Phi) is 3.55. The first-order chi connectivity index (χ1) is 8.29. The molecule has 0 saturated carbocycles. The van der Waals surface area contributed by atoms with Crippen LogP contribution in [-0.4, -0.2) is 15.9 Å². The van der Waals surface area contributed by atoms with Gasteiger partial charge < -0.3 is 10.3 Å². The number of anilines is 1. The lowest BCUT2D eigenvalue weighted by Crippen LogP contribution is -2.15. The molecule has 0 radical (unpaired) electrons. The van der Waals surface area contributed by atoms with Crippen LogP contribution in [0.1, 0.15) is 18.2 Å². The summed E-state index contributed by atoms with van der Waals surface area (Å²) in [7, 11) is 0. The van der Waals surface area contributed by atoms with E-state index in [0.29, 0.717) is 6.42 Å². The van der Waals surface area contributed by atoms with E-state index < -0.39 is 0 Å². The zero-order chi connectivity index (χ0) is 12.1. The predicted molar refractivity (Wildman–Crippen MR) is 66.7 cm³/mol. The second kappa shape index (κ2) is 5.30. The normalized spacial score (nSPS) is 10.2. The van der Waals surface area contributed by atoms with Gasteiger partial charge in [-0.25, -0.2) is 4.98 Å². The van der Waals surface area contributed by atoms with Crippen LogP contribution in [-0.2, 0) is 17.6 Å². The number of benzene rings is 1. The van der Waals surface area contributed by atoms with Gasteiger partial charge in [-0.1, -0.05) is 25.1 Å². The molecule has 1 aromatic carbocycles. The van der Waals surface area contributed by atoms with Gasteiger partial charge in [0.2, 0.25) is 5.91 Å². The van der Waals surface area contributed by atoms with Crippen LogP contribution in [0.2, 0.25) is 0 Å². The first-order valence-corrected chi connectivity index (χ1v) is 5.64. The summed E-state index contributed by atoms with van der Waals surface area (Å²) in [5.41, 5.74) is 2.85. The molecule has 4 nitrogen and oxygen atoms in total. The van der Waals surface area contributed by atoms with Crippen LogP contribution in [0.25, 0.3) is 0 Å². The van der Waals surface area contributed by atoms with Gasteiger partial charge in [-0.15, -0.1) is 0 Å². The number of rotatable bonds is 4. The number of para-hydroxylation sites is 1. The van der Waals surface area contributed by atoms with E-state index in [-0.39, 0.29) is 5.91 Å². The molecule has 0 aliphatic heterocycles. The molecule has 2 N–H and O–H groups in total. The van der Waals surface area contributed by atoms with Crippen LogP contribution in [0.15, 0.2) is 36.8 Å². The smallest absolute Gasteiger partial charge is 0.230 e. The van der Waals surface area contributed by atoms with E-state index in [2.05, 4.69) is 22.2 Å². The number of amides is 1. The summed E-state index contributed by atoms with van der Waals surface area (Å²) in [6.45, 7) is 2.07. The molecular formula is C13H15N3O. The first kappa shape index (κ1) is 11.4. The van der Waals surface area contributed by atoms with Crippen LogP contribution in [0.4, 0.5) is 5.69 Å². The monoisotopic (exact) mass is 229 g/mol. The molecule has 0 bridgehead atoms. The Morgan fingerprint density at radius 2 is 2.24 bits per heavy atom. The fourth-order valence-electron chi connectivity index (χ4n) is 1.70. The van der Waals surface area contributed by atoms with Crippen molar-refractivity contribution in [2.75, 3.05) is 5.32 Å². The number of aromatic nitrogens is 2. The van der Waals surface area contributed by atoms with Gasteiger partial charge in [0.25, 0.3) is 0 Å². The predicted octanol–water partition coefficient (Wildman–Crippen LogP) is 2.15. The Balaban J connectivity index is 2.03. The van der Waals surface area contributed by atoms with Crippen LogP contribution >= 0.6 is 0 Å². The maximum atomic E-state index is 11.8. The summed E-state index contributed by atoms with van der Waals surface area (Å²) >= 11 is 0. The van der Waals surface area contributed by atoms with Gasteiger partial charge in [0.05, 0.1) is 12.7 Å². The Hall–Kier alpha value is -2.10. The molecule has 0 spiro atoms. The largest absolute Gasteiger partial charge is 0.348 e. The third kappa shape index (κ3) is 2.93. The highest BCUT2D eigenvalue weighted by molar-refractivity contribution is 5.92. The van der Waals surface area contributed by atoms with E-state index in [9.17, 15) is 4.79 Å². The highest BCUT2D eigenvalue weighted by atomic mass is 16.1. The van der Waals surface area contributed by atoms with E-state index >= 15 is 0 Å². The zero-order valence-corrected chi connectivity index (χ0v) is 9.73. The average Bonchev–Trinajstić information content (AvgIpc) is 2.82. The SMILES string of the molecule is CCc1ccccc1NC(=O)Cc1cnc[nH]1. The molecule has 88 valence electrons. The second-order valence-electron chi connectivity index (χ2n) is 3.81. The number of carbonyl (C=O) groups is 1. The lowest BCUT2D eigenvalue weighted by atomic mass is 10.1. The fraction of sp³-hybridized carbons (Fsp3) is 0.231. The molecule has 4 heteroatoms. The van der Waals surface area contributed by atoms with Crippen molar-refractivity contribution < 1.29 is 4.79 Å². The maximum absolute atomic E-state index is 11.8. The van der Waals surface area contributed by atoms with Crippen molar-refractivity contribution in [1.29, 1.82) is 0 Å². The highest BCUT2D eigenvalue weighted by Crippen LogP contribution is 2.15. The number of hydrogen-bond acceptors (Lipinski definition) is 2. The summed E-state index contributed by atoms with van der Waals surface area (Å²) in [6, 6.07) is 7.84. The molecule has 0 atom stereocenters. The molecular weight excluding hydrogens is 214 g/mol. The van der Waals surface area contributed by atoms with Crippen LogP contribution in [0.3, 0.4) is 0 Å². The molecule has 1 amide bonds. The van der Waals surface area contributed by atoms with Crippen LogP contribution in [0, 0.1) is 0 Å². The van der Waals surface area contributed by atoms with Crippen molar-refractivity contribution in [3.63, 3.8) is 0 Å². The molecule has 1 aromatic heterocycles. The van der Waals surface area contributed by atoms with Crippen molar-refractivity contribution in [2.45, 2.75) is 19.8 Å². The Bertz CT molecular complexity index is 491. The minimum atomic E-state index is -0.0323. The second-order valence-corrected chi connectivity index (χ2v) is 3.81. The van der Waals surface area contributed by atoms with E-state index in [1.54, 1.807) is 12.5 Å². The summed E-state index contributed by atoms with van der Waals surface area (Å²) < 4.78 is 0. The fourth-order valence-corrected chi connectivity index (χ4v) is 1.70. The van der Waals surface area contributed by atoms with Gasteiger partial charge in [-0.3, -0.25) is 4.79 Å². The van der Waals surface area contributed by atoms with Gasteiger partial charge in [0.1, 0.15) is 0 Å². The van der Waals surface area contributed by atoms with E-state index in [1.807, 2.05) is 24.3 Å². The quantitative estimate of drug-likeness (QED) is 0.844. The summed E-state index contributed by atoms with van der Waals surface area (Å²) in [5.74, 6) is -0.0323. The van der Waals surface area contributed by atoms with E-state index in [4.69, 9.17) is 0 Å². The summed E-state index contributed by atoms with van der Waals surface area (Å²) in [5, 5.41) is 2.91. The van der Waals surface area contributed by atoms with Crippen LogP contribution < -0.4 is 5.32 Å². The molecule has 0 fully saturated rings. The first-order valence-electron chi connectivity index (χ1n) is 5.64. The average molecular weight is 229 g/mol. The van der Waals surface area contributed by atoms with Gasteiger partial charge in [-0.05, 0) is 18.1 Å². The Labute approximate surface area is 100 Å². The number of carbonyl (C=O) groups excluding carboxylic acids is 1. The highest BCUT2D eigenvalue weighted by Gasteiger charge is 2.06. The van der Waals surface area contributed by atoms with Crippen molar-refractivity contribution in [1.82, 2.24) is 9.97 Å². The molecule has 1 heterocycles. The molecule has 17 heavy (non-hydrogen) atoms. The third-order valence-corrected chi connectivity index (χ3v) is 2.58. The maximum Gasteiger partial charge on any atom is 0.230 e. The standard InChI is InChI=1S/C13H15N3O/c1-2-10-5-3-4-6-12(10)16-13(17)7-11-8-14-9-15-11/h3-6,8-9H,2,7H2,1H3,(H,14,15)(H,16,17). The Morgan fingerprint density at radius 1 is 1.41 bits per heavy atom. The third-order valence-electron chi connectivity index (χ3n) is 2.58. The molecule has 0 aliphatic carbocycles. The van der Waals surface area contributed by atoms with Gasteiger partial charge in [0, 0.05) is 17.6 Å². The lowest BCUT2D eigenvalue weighted by molar-refractivity contribution is -0.115. The van der Waals surface area contributed by atoms with E-state index in [1.165, 1.54) is 0 Å².